The van der Waals surface area contributed by atoms with Crippen LogP contribution in [0.5, 0.6) is 0 Å². The Kier molecular flexibility index (Phi) is 5.11. The van der Waals surface area contributed by atoms with Crippen molar-refractivity contribution in [3.8, 4) is 0 Å². The van der Waals surface area contributed by atoms with E-state index in [2.05, 4.69) is 21.2 Å². The number of hydrogen-bond acceptors (Lipinski definition) is 4. The Balaban J connectivity index is 2.78. The Morgan fingerprint density at radius 2 is 2.16 bits per heavy atom. The van der Waals surface area contributed by atoms with Crippen molar-refractivity contribution < 1.29 is 14.1 Å². The number of carbonyl (C=O) groups is 1. The normalized spacial score (nSPS) is 13.1. The van der Waals surface area contributed by atoms with E-state index < -0.39 is 16.7 Å². The fraction of sp³-hybridized carbons (Fsp3) is 0.583. The highest BCUT2D eigenvalue weighted by Gasteiger charge is 2.27. The minimum Gasteiger partial charge on any atom is -0.395 e. The SMILES string of the molecule is CC(C)(C)C(CCBr)NC(=O)c1ccc([N+](=O)[O-])o1. The summed E-state index contributed by atoms with van der Waals surface area (Å²) in [6.45, 7) is 6.06. The highest BCUT2D eigenvalue weighted by Crippen LogP contribution is 2.23. The van der Waals surface area contributed by atoms with Crippen LogP contribution in [0.4, 0.5) is 5.88 Å². The van der Waals surface area contributed by atoms with Gasteiger partial charge in [-0.05, 0) is 17.9 Å². The number of nitro groups is 1. The Morgan fingerprint density at radius 1 is 1.53 bits per heavy atom. The summed E-state index contributed by atoms with van der Waals surface area (Å²) in [4.78, 5) is 21.8. The van der Waals surface area contributed by atoms with E-state index in [0.717, 1.165) is 11.8 Å². The van der Waals surface area contributed by atoms with Gasteiger partial charge in [-0.3, -0.25) is 14.9 Å². The lowest BCUT2D eigenvalue weighted by molar-refractivity contribution is -0.402. The van der Waals surface area contributed by atoms with Crippen molar-refractivity contribution in [3.63, 3.8) is 0 Å². The number of nitrogens with zero attached hydrogens (tertiary/aromatic N) is 1. The molecule has 1 atom stereocenters. The van der Waals surface area contributed by atoms with Crippen molar-refractivity contribution in [2.24, 2.45) is 5.41 Å². The molecule has 0 aliphatic rings. The predicted molar refractivity (Wildman–Crippen MR) is 74.5 cm³/mol. The van der Waals surface area contributed by atoms with Crippen molar-refractivity contribution in [3.05, 3.63) is 28.0 Å². The van der Waals surface area contributed by atoms with E-state index in [1.807, 2.05) is 20.8 Å². The number of carbonyl (C=O) groups excluding carboxylic acids is 1. The molecule has 1 N–H and O–H groups in total. The second-order valence-electron chi connectivity index (χ2n) is 5.26. The number of amides is 1. The molecule has 0 saturated heterocycles. The van der Waals surface area contributed by atoms with Crippen molar-refractivity contribution in [2.45, 2.75) is 33.2 Å². The molecule has 1 aromatic heterocycles. The molecule has 0 spiro atoms. The van der Waals surface area contributed by atoms with Crippen LogP contribution >= 0.6 is 15.9 Å². The first kappa shape index (κ1) is 15.7. The summed E-state index contributed by atoms with van der Waals surface area (Å²) < 4.78 is 4.88. The van der Waals surface area contributed by atoms with Crippen molar-refractivity contribution in [2.75, 3.05) is 5.33 Å². The Morgan fingerprint density at radius 3 is 2.58 bits per heavy atom. The van der Waals surface area contributed by atoms with Crippen LogP contribution < -0.4 is 5.32 Å². The summed E-state index contributed by atoms with van der Waals surface area (Å²) >= 11 is 3.35. The average Bonchev–Trinajstić information content (AvgIpc) is 2.76. The number of alkyl halides is 1. The lowest BCUT2D eigenvalue weighted by Gasteiger charge is -2.30. The fourth-order valence-electron chi connectivity index (χ4n) is 1.61. The van der Waals surface area contributed by atoms with E-state index >= 15 is 0 Å². The van der Waals surface area contributed by atoms with Crippen LogP contribution in [0.3, 0.4) is 0 Å². The summed E-state index contributed by atoms with van der Waals surface area (Å²) in [5.41, 5.74) is -0.109. The van der Waals surface area contributed by atoms with Crippen molar-refractivity contribution >= 4 is 27.7 Å². The molecule has 6 nitrogen and oxygen atoms in total. The summed E-state index contributed by atoms with van der Waals surface area (Å²) in [6.07, 6.45) is 0.762. The Bertz CT molecular complexity index is 465. The van der Waals surface area contributed by atoms with E-state index in [9.17, 15) is 14.9 Å². The first-order valence-electron chi connectivity index (χ1n) is 5.86. The lowest BCUT2D eigenvalue weighted by Crippen LogP contribution is -2.43. The molecule has 0 aliphatic carbocycles. The molecule has 0 saturated carbocycles. The molecule has 1 amide bonds. The molecule has 1 unspecified atom stereocenters. The maximum Gasteiger partial charge on any atom is 0.433 e. The molecule has 0 radical (unpaired) electrons. The summed E-state index contributed by atoms with van der Waals surface area (Å²) in [6, 6.07) is 2.43. The largest absolute Gasteiger partial charge is 0.433 e. The molecule has 0 fully saturated rings. The summed E-state index contributed by atoms with van der Waals surface area (Å²) in [7, 11) is 0. The van der Waals surface area contributed by atoms with Gasteiger partial charge in [-0.1, -0.05) is 36.7 Å². The molecule has 19 heavy (non-hydrogen) atoms. The molecular weight excluding hydrogens is 316 g/mol. The molecule has 7 heteroatoms. The fourth-order valence-corrected chi connectivity index (χ4v) is 2.07. The highest BCUT2D eigenvalue weighted by molar-refractivity contribution is 9.09. The van der Waals surface area contributed by atoms with Crippen LogP contribution in [0, 0.1) is 15.5 Å². The van der Waals surface area contributed by atoms with Gasteiger partial charge in [0.15, 0.2) is 5.76 Å². The van der Waals surface area contributed by atoms with Gasteiger partial charge in [-0.15, -0.1) is 0 Å². The van der Waals surface area contributed by atoms with Gasteiger partial charge >= 0.3 is 5.88 Å². The Labute approximate surface area is 119 Å². The van der Waals surface area contributed by atoms with Crippen LogP contribution in [0.2, 0.25) is 0 Å². The van der Waals surface area contributed by atoms with Crippen LogP contribution in [-0.2, 0) is 0 Å². The van der Waals surface area contributed by atoms with Crippen LogP contribution in [0.25, 0.3) is 0 Å². The molecule has 1 aromatic rings. The summed E-state index contributed by atoms with van der Waals surface area (Å²) in [5.74, 6) is -0.914. The zero-order valence-electron chi connectivity index (χ0n) is 11.1. The first-order chi connectivity index (χ1) is 8.75. The van der Waals surface area contributed by atoms with Gasteiger partial charge in [-0.2, -0.15) is 0 Å². The summed E-state index contributed by atoms with van der Waals surface area (Å²) in [5, 5.41) is 14.1. The monoisotopic (exact) mass is 332 g/mol. The minimum atomic E-state index is -0.670. The Hall–Kier alpha value is -1.37. The molecule has 0 aliphatic heterocycles. The van der Waals surface area contributed by atoms with E-state index in [-0.39, 0.29) is 17.2 Å². The van der Waals surface area contributed by atoms with Crippen molar-refractivity contribution in [1.82, 2.24) is 5.32 Å². The zero-order valence-corrected chi connectivity index (χ0v) is 12.7. The highest BCUT2D eigenvalue weighted by atomic mass is 79.9. The molecule has 106 valence electrons. The standard InChI is InChI=1S/C12H17BrN2O4/c1-12(2,3)9(6-7-13)14-11(16)8-4-5-10(19-8)15(17)18/h4-5,9H,6-7H2,1-3H3,(H,14,16). The van der Waals surface area contributed by atoms with E-state index in [1.165, 1.54) is 12.1 Å². The van der Waals surface area contributed by atoms with Crippen molar-refractivity contribution in [1.29, 1.82) is 0 Å². The van der Waals surface area contributed by atoms with E-state index in [1.54, 1.807) is 0 Å². The van der Waals surface area contributed by atoms with Crippen LogP contribution in [0.1, 0.15) is 37.7 Å². The van der Waals surface area contributed by atoms with Gasteiger partial charge in [0, 0.05) is 11.4 Å². The molecule has 0 bridgehead atoms. The zero-order chi connectivity index (χ0) is 14.6. The predicted octanol–water partition coefficient (Wildman–Crippen LogP) is 3.12. The number of halogens is 1. The number of nitrogens with one attached hydrogen (secondary N) is 1. The topological polar surface area (TPSA) is 85.4 Å². The first-order valence-corrected chi connectivity index (χ1v) is 6.99. The quantitative estimate of drug-likeness (QED) is 0.510. The molecule has 0 aromatic carbocycles. The molecule has 1 rings (SSSR count). The van der Waals surface area contributed by atoms with Crippen LogP contribution in [-0.4, -0.2) is 22.2 Å². The van der Waals surface area contributed by atoms with Crippen LogP contribution in [0.15, 0.2) is 16.5 Å². The number of hydrogen-bond donors (Lipinski definition) is 1. The lowest BCUT2D eigenvalue weighted by atomic mass is 9.85. The van der Waals surface area contributed by atoms with Gasteiger partial charge in [0.25, 0.3) is 5.91 Å². The second-order valence-corrected chi connectivity index (χ2v) is 6.06. The molecule has 1 heterocycles. The maximum atomic E-state index is 12.0. The number of rotatable bonds is 5. The van der Waals surface area contributed by atoms with E-state index in [4.69, 9.17) is 4.42 Å². The minimum absolute atomic E-state index is 0.0458. The second kappa shape index (κ2) is 6.18. The third kappa shape index (κ3) is 4.34. The maximum absolute atomic E-state index is 12.0. The van der Waals surface area contributed by atoms with Gasteiger partial charge in [-0.25, -0.2) is 0 Å². The average molecular weight is 333 g/mol. The van der Waals surface area contributed by atoms with E-state index in [0.29, 0.717) is 0 Å². The van der Waals surface area contributed by atoms with Gasteiger partial charge in [0.2, 0.25) is 0 Å². The smallest absolute Gasteiger partial charge is 0.395 e. The number of furan rings is 1. The van der Waals surface area contributed by atoms with Gasteiger partial charge in [0.1, 0.15) is 4.92 Å². The van der Waals surface area contributed by atoms with Gasteiger partial charge < -0.3 is 9.73 Å². The third-order valence-corrected chi connectivity index (χ3v) is 3.20. The van der Waals surface area contributed by atoms with Gasteiger partial charge in [0.05, 0.1) is 6.07 Å². The molecular formula is C12H17BrN2O4. The third-order valence-electron chi connectivity index (χ3n) is 2.74.